The highest BCUT2D eigenvalue weighted by molar-refractivity contribution is 6.08. The quantitative estimate of drug-likeness (QED) is 0.324. The lowest BCUT2D eigenvalue weighted by Crippen LogP contribution is -2.12. The summed E-state index contributed by atoms with van der Waals surface area (Å²) in [4.78, 5) is 17.7. The minimum Gasteiger partial charge on any atom is -0.497 e. The normalized spacial score (nSPS) is 10.8. The summed E-state index contributed by atoms with van der Waals surface area (Å²) >= 11 is 0. The van der Waals surface area contributed by atoms with E-state index in [-0.39, 0.29) is 5.91 Å². The molecule has 0 unspecified atom stereocenters. The van der Waals surface area contributed by atoms with Crippen molar-refractivity contribution in [1.29, 1.82) is 0 Å². The van der Waals surface area contributed by atoms with E-state index >= 15 is 0 Å². The van der Waals surface area contributed by atoms with Gasteiger partial charge >= 0.3 is 0 Å². The summed E-state index contributed by atoms with van der Waals surface area (Å²) in [6.07, 6.45) is 5.55. The lowest BCUT2D eigenvalue weighted by atomic mass is 10.1. The molecule has 7 heteroatoms. The van der Waals surface area contributed by atoms with Gasteiger partial charge in [-0.1, -0.05) is 54.6 Å². The van der Waals surface area contributed by atoms with Crippen molar-refractivity contribution in [3.63, 3.8) is 0 Å². The monoisotopic (exact) mass is 477 g/mol. The van der Waals surface area contributed by atoms with Crippen molar-refractivity contribution in [3.8, 4) is 17.0 Å². The molecule has 5 rings (SSSR count). The van der Waals surface area contributed by atoms with Gasteiger partial charge in [0.05, 0.1) is 19.2 Å². The summed E-state index contributed by atoms with van der Waals surface area (Å²) in [6, 6.07) is 25.5. The largest absolute Gasteiger partial charge is 0.497 e. The highest BCUT2D eigenvalue weighted by atomic mass is 16.5. The fraction of sp³-hybridized carbons (Fsp3) is 0.138. The molecule has 0 aliphatic heterocycles. The first-order valence-electron chi connectivity index (χ1n) is 11.7. The summed E-state index contributed by atoms with van der Waals surface area (Å²) in [7, 11) is 1.62. The molecule has 7 nitrogen and oxygen atoms in total. The van der Waals surface area contributed by atoms with Crippen LogP contribution >= 0.6 is 0 Å². The van der Waals surface area contributed by atoms with Gasteiger partial charge in [-0.3, -0.25) is 9.48 Å². The molecule has 3 aromatic carbocycles. The number of methoxy groups -OCH3 is 1. The van der Waals surface area contributed by atoms with Gasteiger partial charge in [0.1, 0.15) is 17.3 Å². The lowest BCUT2D eigenvalue weighted by molar-refractivity contribution is 0.102. The molecule has 0 atom stereocenters. The summed E-state index contributed by atoms with van der Waals surface area (Å²) in [5.74, 6) is 1.45. The Morgan fingerprint density at radius 1 is 0.944 bits per heavy atom. The van der Waals surface area contributed by atoms with Gasteiger partial charge in [-0.25, -0.2) is 4.98 Å². The predicted molar refractivity (Wildman–Crippen MR) is 140 cm³/mol. The van der Waals surface area contributed by atoms with Crippen LogP contribution in [0.15, 0.2) is 97.5 Å². The molecule has 2 heterocycles. The van der Waals surface area contributed by atoms with Crippen LogP contribution in [0.4, 0.5) is 5.69 Å². The zero-order valence-electron chi connectivity index (χ0n) is 20.3. The van der Waals surface area contributed by atoms with Crippen molar-refractivity contribution in [2.45, 2.75) is 20.0 Å². The standard InChI is InChI=1S/C29H27N5O2/c1-21-30-15-16-33(21)18-23-11-13-25(14-12-23)31-29(35)27-20-34(19-22-7-4-3-5-8-22)32-28(27)24-9-6-10-26(17-24)36-2/h3-17,20H,18-19H2,1-2H3,(H,31,35). The average molecular weight is 478 g/mol. The van der Waals surface area contributed by atoms with Crippen molar-refractivity contribution in [1.82, 2.24) is 19.3 Å². The van der Waals surface area contributed by atoms with Crippen molar-refractivity contribution in [2.24, 2.45) is 0 Å². The van der Waals surface area contributed by atoms with Crippen molar-refractivity contribution >= 4 is 11.6 Å². The third-order valence-electron chi connectivity index (χ3n) is 6.03. The highest BCUT2D eigenvalue weighted by Gasteiger charge is 2.19. The number of aryl methyl sites for hydroxylation is 1. The maximum atomic E-state index is 13.4. The van der Waals surface area contributed by atoms with Gasteiger partial charge in [0, 0.05) is 36.4 Å². The predicted octanol–water partition coefficient (Wildman–Crippen LogP) is 5.41. The van der Waals surface area contributed by atoms with Crippen molar-refractivity contribution in [3.05, 3.63) is 120 Å². The number of amides is 1. The Morgan fingerprint density at radius 2 is 1.72 bits per heavy atom. The first kappa shape index (κ1) is 23.1. The first-order valence-corrected chi connectivity index (χ1v) is 11.7. The average Bonchev–Trinajstić information content (AvgIpc) is 3.52. The van der Waals surface area contributed by atoms with Crippen LogP contribution in [0, 0.1) is 6.92 Å². The fourth-order valence-corrected chi connectivity index (χ4v) is 4.08. The van der Waals surface area contributed by atoms with Gasteiger partial charge in [0.25, 0.3) is 5.91 Å². The van der Waals surface area contributed by atoms with E-state index < -0.39 is 0 Å². The maximum absolute atomic E-state index is 13.4. The molecule has 0 bridgehead atoms. The zero-order chi connectivity index (χ0) is 24.9. The van der Waals surface area contributed by atoms with Crippen LogP contribution in [0.3, 0.4) is 0 Å². The van der Waals surface area contributed by atoms with Crippen molar-refractivity contribution < 1.29 is 9.53 Å². The Bertz CT molecular complexity index is 1470. The summed E-state index contributed by atoms with van der Waals surface area (Å²) in [5, 5.41) is 7.80. The smallest absolute Gasteiger partial charge is 0.259 e. The van der Waals surface area contributed by atoms with Crippen LogP contribution in [0.25, 0.3) is 11.3 Å². The minimum absolute atomic E-state index is 0.217. The Labute approximate surface area is 210 Å². The molecule has 0 radical (unpaired) electrons. The summed E-state index contributed by atoms with van der Waals surface area (Å²) in [6.45, 7) is 3.27. The Hall–Kier alpha value is -4.65. The molecule has 2 aromatic heterocycles. The zero-order valence-corrected chi connectivity index (χ0v) is 20.3. The third-order valence-corrected chi connectivity index (χ3v) is 6.03. The van der Waals surface area contributed by atoms with E-state index in [1.54, 1.807) is 24.2 Å². The number of carbonyl (C=O) groups excluding carboxylic acids is 1. The lowest BCUT2D eigenvalue weighted by Gasteiger charge is -2.09. The third kappa shape index (κ3) is 5.20. The highest BCUT2D eigenvalue weighted by Crippen LogP contribution is 2.27. The topological polar surface area (TPSA) is 74.0 Å². The fourth-order valence-electron chi connectivity index (χ4n) is 4.08. The van der Waals surface area contributed by atoms with Gasteiger partial charge in [0.2, 0.25) is 0 Å². The molecular formula is C29H27N5O2. The number of rotatable bonds is 8. The molecular weight excluding hydrogens is 450 g/mol. The number of aromatic nitrogens is 4. The van der Waals surface area contributed by atoms with Gasteiger partial charge in [0.15, 0.2) is 0 Å². The molecule has 36 heavy (non-hydrogen) atoms. The Kier molecular flexibility index (Phi) is 6.62. The number of carbonyl (C=O) groups is 1. The van der Waals surface area contributed by atoms with Crippen LogP contribution in [0.1, 0.15) is 27.3 Å². The number of nitrogens with zero attached hydrogens (tertiary/aromatic N) is 4. The Balaban J connectivity index is 1.40. The van der Waals surface area contributed by atoms with E-state index in [9.17, 15) is 4.79 Å². The van der Waals surface area contributed by atoms with Crippen molar-refractivity contribution in [2.75, 3.05) is 12.4 Å². The first-order chi connectivity index (χ1) is 17.6. The summed E-state index contributed by atoms with van der Waals surface area (Å²) < 4.78 is 9.27. The van der Waals surface area contributed by atoms with Gasteiger partial charge < -0.3 is 14.6 Å². The second kappa shape index (κ2) is 10.3. The summed E-state index contributed by atoms with van der Waals surface area (Å²) in [5.41, 5.74) is 4.87. The molecule has 0 saturated carbocycles. The van der Waals surface area contributed by atoms with E-state index in [1.165, 1.54) is 0 Å². The second-order valence-corrected chi connectivity index (χ2v) is 8.56. The molecule has 0 aliphatic carbocycles. The van der Waals surface area contributed by atoms with E-state index in [1.807, 2.05) is 92.0 Å². The second-order valence-electron chi connectivity index (χ2n) is 8.56. The van der Waals surface area contributed by atoms with Gasteiger partial charge in [-0.2, -0.15) is 5.10 Å². The molecule has 5 aromatic rings. The molecule has 0 spiro atoms. The number of hydrogen-bond donors (Lipinski definition) is 1. The molecule has 0 fully saturated rings. The molecule has 0 aliphatic rings. The molecule has 0 saturated heterocycles. The maximum Gasteiger partial charge on any atom is 0.259 e. The number of benzene rings is 3. The molecule has 1 amide bonds. The van der Waals surface area contributed by atoms with Crippen LogP contribution < -0.4 is 10.1 Å². The van der Waals surface area contributed by atoms with Gasteiger partial charge in [-0.05, 0) is 42.3 Å². The Morgan fingerprint density at radius 3 is 2.44 bits per heavy atom. The minimum atomic E-state index is -0.217. The number of imidazole rings is 1. The van der Waals surface area contributed by atoms with E-state index in [0.29, 0.717) is 23.6 Å². The van der Waals surface area contributed by atoms with Crippen LogP contribution in [0.2, 0.25) is 0 Å². The van der Waals surface area contributed by atoms with Crippen LogP contribution in [-0.2, 0) is 13.1 Å². The molecule has 180 valence electrons. The van der Waals surface area contributed by atoms with E-state index in [0.717, 1.165) is 34.7 Å². The number of hydrogen-bond acceptors (Lipinski definition) is 4. The molecule has 1 N–H and O–H groups in total. The van der Waals surface area contributed by atoms with E-state index in [2.05, 4.69) is 14.9 Å². The SMILES string of the molecule is COc1cccc(-c2nn(Cc3ccccc3)cc2C(=O)Nc2ccc(Cn3ccnc3C)cc2)c1. The number of nitrogens with one attached hydrogen (secondary N) is 1. The van der Waals surface area contributed by atoms with Gasteiger partial charge in [-0.15, -0.1) is 0 Å². The number of anilines is 1. The van der Waals surface area contributed by atoms with E-state index in [4.69, 9.17) is 9.84 Å². The van der Waals surface area contributed by atoms with Crippen LogP contribution in [-0.4, -0.2) is 32.3 Å². The number of ether oxygens (including phenoxy) is 1. The van der Waals surface area contributed by atoms with Crippen LogP contribution in [0.5, 0.6) is 5.75 Å².